The Hall–Kier alpha value is -2.69. The van der Waals surface area contributed by atoms with Gasteiger partial charge in [-0.05, 0) is 17.7 Å². The van der Waals surface area contributed by atoms with Gasteiger partial charge >= 0.3 is 0 Å². The van der Waals surface area contributed by atoms with Gasteiger partial charge in [0.15, 0.2) is 5.78 Å². The minimum Gasteiger partial charge on any atom is -0.508 e. The number of hydrogen-bond acceptors (Lipinski definition) is 5. The lowest BCUT2D eigenvalue weighted by Crippen LogP contribution is -2.20. The van der Waals surface area contributed by atoms with Crippen molar-refractivity contribution in [2.45, 2.75) is 12.5 Å². The minimum atomic E-state index is -0.447. The summed E-state index contributed by atoms with van der Waals surface area (Å²) in [5.41, 5.74) is 0.972. The molecule has 5 nitrogen and oxygen atoms in total. The number of phenolic OH excluding ortho intramolecular Hbond substituents is 2. The number of carbonyl (C=O) groups is 1. The maximum Gasteiger partial charge on any atom is 0.174 e. The van der Waals surface area contributed by atoms with Crippen LogP contribution in [0.15, 0.2) is 36.4 Å². The van der Waals surface area contributed by atoms with Crippen LogP contribution in [0.5, 0.6) is 23.0 Å². The third-order valence-electron chi connectivity index (χ3n) is 3.47. The number of methoxy groups -OCH3 is 1. The molecule has 1 aliphatic rings. The molecule has 0 saturated carbocycles. The van der Waals surface area contributed by atoms with Gasteiger partial charge in [-0.2, -0.15) is 0 Å². The fourth-order valence-electron chi connectivity index (χ4n) is 2.41. The van der Waals surface area contributed by atoms with E-state index in [0.717, 1.165) is 5.56 Å². The Morgan fingerprint density at radius 1 is 1.19 bits per heavy atom. The molecule has 21 heavy (non-hydrogen) atoms. The number of ether oxygens (including phenoxy) is 2. The molecular formula is C16H14O5. The highest BCUT2D eigenvalue weighted by Gasteiger charge is 2.30. The molecule has 3 rings (SSSR count). The van der Waals surface area contributed by atoms with E-state index in [2.05, 4.69) is 0 Å². The zero-order valence-corrected chi connectivity index (χ0v) is 11.4. The maximum atomic E-state index is 12.2. The number of phenols is 2. The van der Waals surface area contributed by atoms with E-state index in [1.54, 1.807) is 30.3 Å². The average Bonchev–Trinajstić information content (AvgIpc) is 2.46. The molecule has 0 unspecified atom stereocenters. The molecular weight excluding hydrogens is 272 g/mol. The lowest BCUT2D eigenvalue weighted by atomic mass is 9.95. The van der Waals surface area contributed by atoms with Crippen LogP contribution in [0, 0.1) is 0 Å². The molecule has 108 valence electrons. The van der Waals surface area contributed by atoms with Crippen molar-refractivity contribution in [3.05, 3.63) is 47.5 Å². The number of aromatic hydroxyl groups is 2. The largest absolute Gasteiger partial charge is 0.508 e. The van der Waals surface area contributed by atoms with Gasteiger partial charge in [0, 0.05) is 12.1 Å². The van der Waals surface area contributed by atoms with E-state index in [0.29, 0.717) is 11.5 Å². The number of ketones is 1. The third-order valence-corrected chi connectivity index (χ3v) is 3.47. The molecule has 0 spiro atoms. The SMILES string of the molecule is COc1cc(O)c2c(c1)O[C@H](c1ccc(O)cc1)CC2=O. The van der Waals surface area contributed by atoms with E-state index in [9.17, 15) is 15.0 Å². The maximum absolute atomic E-state index is 12.2. The minimum absolute atomic E-state index is 0.137. The van der Waals surface area contributed by atoms with Crippen molar-refractivity contribution in [3.8, 4) is 23.0 Å². The summed E-state index contributed by atoms with van der Waals surface area (Å²) in [5, 5.41) is 19.2. The van der Waals surface area contributed by atoms with Gasteiger partial charge in [0.25, 0.3) is 0 Å². The Bertz CT molecular complexity index is 691. The van der Waals surface area contributed by atoms with Gasteiger partial charge in [-0.15, -0.1) is 0 Å². The van der Waals surface area contributed by atoms with E-state index in [4.69, 9.17) is 9.47 Å². The molecule has 5 heteroatoms. The summed E-state index contributed by atoms with van der Waals surface area (Å²) in [6, 6.07) is 9.47. The van der Waals surface area contributed by atoms with Crippen LogP contribution >= 0.6 is 0 Å². The van der Waals surface area contributed by atoms with Crippen molar-refractivity contribution in [1.29, 1.82) is 0 Å². The van der Waals surface area contributed by atoms with Crippen molar-refractivity contribution in [2.75, 3.05) is 7.11 Å². The molecule has 2 N–H and O–H groups in total. The summed E-state index contributed by atoms with van der Waals surface area (Å²) < 4.78 is 10.9. The predicted molar refractivity (Wildman–Crippen MR) is 75.1 cm³/mol. The predicted octanol–water partition coefficient (Wildman–Crippen LogP) is 2.81. The van der Waals surface area contributed by atoms with Gasteiger partial charge in [0.05, 0.1) is 13.5 Å². The third kappa shape index (κ3) is 2.38. The lowest BCUT2D eigenvalue weighted by molar-refractivity contribution is 0.0844. The molecule has 0 aliphatic carbocycles. The van der Waals surface area contributed by atoms with Crippen LogP contribution < -0.4 is 9.47 Å². The molecule has 1 aliphatic heterocycles. The highest BCUT2D eigenvalue weighted by molar-refractivity contribution is 6.02. The fraction of sp³-hybridized carbons (Fsp3) is 0.188. The summed E-state index contributed by atoms with van der Waals surface area (Å²) in [7, 11) is 1.48. The standard InChI is InChI=1S/C16H14O5/c1-20-11-6-12(18)16-13(19)8-14(21-15(16)7-11)9-2-4-10(17)5-3-9/h2-7,14,17-18H,8H2,1H3/t14-/m0/s1. The number of Topliss-reactive ketones (excluding diaryl/α,β-unsaturated/α-hetero) is 1. The summed E-state index contributed by atoms with van der Waals surface area (Å²) in [5.74, 6) is 0.556. The van der Waals surface area contributed by atoms with Gasteiger partial charge in [0.2, 0.25) is 0 Å². The zero-order chi connectivity index (χ0) is 15.0. The van der Waals surface area contributed by atoms with E-state index >= 15 is 0 Å². The van der Waals surface area contributed by atoms with Crippen LogP contribution in [0.4, 0.5) is 0 Å². The molecule has 0 radical (unpaired) electrons. The lowest BCUT2D eigenvalue weighted by Gasteiger charge is -2.26. The molecule has 2 aromatic rings. The second-order valence-corrected chi connectivity index (χ2v) is 4.84. The van der Waals surface area contributed by atoms with Crippen molar-refractivity contribution in [2.24, 2.45) is 0 Å². The summed E-state index contributed by atoms with van der Waals surface area (Å²) in [6.45, 7) is 0. The van der Waals surface area contributed by atoms with Crippen molar-refractivity contribution < 1.29 is 24.5 Å². The Morgan fingerprint density at radius 2 is 1.90 bits per heavy atom. The highest BCUT2D eigenvalue weighted by Crippen LogP contribution is 2.41. The van der Waals surface area contributed by atoms with E-state index < -0.39 is 6.10 Å². The first-order valence-electron chi connectivity index (χ1n) is 6.48. The van der Waals surface area contributed by atoms with Crippen LogP contribution in [0.2, 0.25) is 0 Å². The first-order chi connectivity index (χ1) is 10.1. The van der Waals surface area contributed by atoms with Crippen LogP contribution in [0.3, 0.4) is 0 Å². The van der Waals surface area contributed by atoms with Gasteiger partial charge in [-0.3, -0.25) is 4.79 Å². The number of rotatable bonds is 2. The molecule has 0 fully saturated rings. The fourth-order valence-corrected chi connectivity index (χ4v) is 2.41. The van der Waals surface area contributed by atoms with E-state index in [-0.39, 0.29) is 29.3 Å². The summed E-state index contributed by atoms with van der Waals surface area (Å²) in [4.78, 5) is 12.2. The van der Waals surface area contributed by atoms with Crippen molar-refractivity contribution >= 4 is 5.78 Å². The Kier molecular flexibility index (Phi) is 3.17. The molecule has 0 amide bonds. The first kappa shape index (κ1) is 13.3. The summed E-state index contributed by atoms with van der Waals surface area (Å²) in [6.07, 6.45) is -0.311. The second-order valence-electron chi connectivity index (χ2n) is 4.84. The topological polar surface area (TPSA) is 76.0 Å². The number of carbonyl (C=O) groups excluding carboxylic acids is 1. The zero-order valence-electron chi connectivity index (χ0n) is 11.4. The highest BCUT2D eigenvalue weighted by atomic mass is 16.5. The van der Waals surface area contributed by atoms with Gasteiger partial charge in [-0.25, -0.2) is 0 Å². The monoisotopic (exact) mass is 286 g/mol. The first-order valence-corrected chi connectivity index (χ1v) is 6.48. The number of hydrogen-bond donors (Lipinski definition) is 2. The van der Waals surface area contributed by atoms with Crippen LogP contribution in [0.25, 0.3) is 0 Å². The Morgan fingerprint density at radius 3 is 2.57 bits per heavy atom. The average molecular weight is 286 g/mol. The normalized spacial score (nSPS) is 17.0. The van der Waals surface area contributed by atoms with E-state index in [1.807, 2.05) is 0 Å². The summed E-state index contributed by atoms with van der Waals surface area (Å²) >= 11 is 0. The quantitative estimate of drug-likeness (QED) is 0.887. The second kappa shape index (κ2) is 5.01. The molecule has 1 heterocycles. The van der Waals surface area contributed by atoms with Crippen LogP contribution in [0.1, 0.15) is 28.4 Å². The molecule has 0 aromatic heterocycles. The Labute approximate surface area is 121 Å². The van der Waals surface area contributed by atoms with E-state index in [1.165, 1.54) is 13.2 Å². The number of benzene rings is 2. The van der Waals surface area contributed by atoms with Gasteiger partial charge in [-0.1, -0.05) is 12.1 Å². The van der Waals surface area contributed by atoms with Crippen molar-refractivity contribution in [3.63, 3.8) is 0 Å². The Balaban J connectivity index is 1.99. The molecule has 1 atom stereocenters. The van der Waals surface area contributed by atoms with Crippen LogP contribution in [-0.4, -0.2) is 23.1 Å². The molecule has 0 bridgehead atoms. The van der Waals surface area contributed by atoms with Gasteiger partial charge in [0.1, 0.15) is 34.7 Å². The molecule has 0 saturated heterocycles. The van der Waals surface area contributed by atoms with Crippen molar-refractivity contribution in [1.82, 2.24) is 0 Å². The number of fused-ring (bicyclic) bond motifs is 1. The molecule has 2 aromatic carbocycles. The van der Waals surface area contributed by atoms with Crippen LogP contribution in [-0.2, 0) is 0 Å². The smallest absolute Gasteiger partial charge is 0.174 e. The van der Waals surface area contributed by atoms with Gasteiger partial charge < -0.3 is 19.7 Å².